The van der Waals surface area contributed by atoms with Crippen molar-refractivity contribution in [1.29, 1.82) is 0 Å². The number of carbonyl (C=O) groups is 3. The first-order chi connectivity index (χ1) is 12.1. The third kappa shape index (κ3) is 3.84. The molecular formula is C17H23N3O5. The van der Waals surface area contributed by atoms with Gasteiger partial charge in [0.1, 0.15) is 5.76 Å². The topological polar surface area (TPSA) is 83.3 Å². The van der Waals surface area contributed by atoms with Gasteiger partial charge in [-0.2, -0.15) is 0 Å². The number of urea groups is 1. The summed E-state index contributed by atoms with van der Waals surface area (Å²) in [5.74, 6) is -0.774. The van der Waals surface area contributed by atoms with Crippen LogP contribution in [-0.4, -0.2) is 71.4 Å². The minimum absolute atomic E-state index is 0.0540. The SMILES string of the molecule is CCN1CCN(C(=O)N(Cc2ccco2)C[C@@H]2CCCO2)C(=O)C1=O. The molecule has 1 atom stereocenters. The smallest absolute Gasteiger partial charge is 0.327 e. The molecule has 0 spiro atoms. The molecule has 2 aliphatic rings. The standard InChI is InChI=1S/C17H23N3O5/c1-2-18-7-8-20(16(22)15(18)21)17(23)19(11-13-5-3-9-24-13)12-14-6-4-10-25-14/h3,5,9,14H,2,4,6-8,10-12H2,1H3/t14-/m0/s1. The Morgan fingerprint density at radius 2 is 2.16 bits per heavy atom. The highest BCUT2D eigenvalue weighted by Crippen LogP contribution is 2.18. The number of nitrogens with zero attached hydrogens (tertiary/aromatic N) is 3. The second-order valence-electron chi connectivity index (χ2n) is 6.22. The Morgan fingerprint density at radius 3 is 2.80 bits per heavy atom. The first-order valence-corrected chi connectivity index (χ1v) is 8.63. The van der Waals surface area contributed by atoms with Gasteiger partial charge >= 0.3 is 17.8 Å². The fourth-order valence-electron chi connectivity index (χ4n) is 3.16. The van der Waals surface area contributed by atoms with Crippen LogP contribution in [0.2, 0.25) is 0 Å². The molecule has 1 aromatic rings. The second kappa shape index (κ2) is 7.69. The number of hydrogen-bond donors (Lipinski definition) is 0. The molecule has 0 radical (unpaired) electrons. The van der Waals surface area contributed by atoms with Gasteiger partial charge in [0.05, 0.1) is 18.9 Å². The molecular weight excluding hydrogens is 326 g/mol. The fraction of sp³-hybridized carbons (Fsp3) is 0.588. The zero-order valence-electron chi connectivity index (χ0n) is 14.3. The number of carbonyl (C=O) groups excluding carboxylic acids is 3. The molecule has 0 aliphatic carbocycles. The molecule has 25 heavy (non-hydrogen) atoms. The average molecular weight is 349 g/mol. The van der Waals surface area contributed by atoms with E-state index in [1.54, 1.807) is 18.4 Å². The van der Waals surface area contributed by atoms with E-state index in [1.807, 2.05) is 6.92 Å². The molecule has 0 bridgehead atoms. The van der Waals surface area contributed by atoms with Crippen molar-refractivity contribution in [2.75, 3.05) is 32.8 Å². The fourth-order valence-corrected chi connectivity index (χ4v) is 3.16. The molecule has 8 nitrogen and oxygen atoms in total. The maximum atomic E-state index is 12.9. The van der Waals surface area contributed by atoms with Crippen molar-refractivity contribution in [3.05, 3.63) is 24.2 Å². The maximum Gasteiger partial charge on any atom is 0.327 e. The van der Waals surface area contributed by atoms with Crippen molar-refractivity contribution in [3.63, 3.8) is 0 Å². The number of amides is 4. The minimum Gasteiger partial charge on any atom is -0.467 e. The van der Waals surface area contributed by atoms with Crippen LogP contribution in [0.15, 0.2) is 22.8 Å². The lowest BCUT2D eigenvalue weighted by Crippen LogP contribution is -2.59. The summed E-state index contributed by atoms with van der Waals surface area (Å²) in [7, 11) is 0. The van der Waals surface area contributed by atoms with Crippen LogP contribution in [-0.2, 0) is 20.9 Å². The van der Waals surface area contributed by atoms with Gasteiger partial charge in [-0.3, -0.25) is 14.5 Å². The zero-order chi connectivity index (χ0) is 17.8. The Balaban J connectivity index is 1.73. The molecule has 2 aliphatic heterocycles. The number of furan rings is 1. The lowest BCUT2D eigenvalue weighted by atomic mass is 10.2. The van der Waals surface area contributed by atoms with Gasteiger partial charge in [-0.05, 0) is 31.9 Å². The van der Waals surface area contributed by atoms with Crippen LogP contribution in [0.5, 0.6) is 0 Å². The number of likely N-dealkylation sites (N-methyl/N-ethyl adjacent to an activating group) is 1. The van der Waals surface area contributed by atoms with Gasteiger partial charge in [0.15, 0.2) is 0 Å². The first-order valence-electron chi connectivity index (χ1n) is 8.63. The van der Waals surface area contributed by atoms with Crippen LogP contribution in [0.25, 0.3) is 0 Å². The lowest BCUT2D eigenvalue weighted by Gasteiger charge is -2.35. The van der Waals surface area contributed by atoms with Crippen LogP contribution in [0.1, 0.15) is 25.5 Å². The third-order valence-corrected chi connectivity index (χ3v) is 4.57. The van der Waals surface area contributed by atoms with E-state index in [4.69, 9.17) is 9.15 Å². The van der Waals surface area contributed by atoms with E-state index in [9.17, 15) is 14.4 Å². The molecule has 2 saturated heterocycles. The van der Waals surface area contributed by atoms with Crippen molar-refractivity contribution in [1.82, 2.24) is 14.7 Å². The Labute approximate surface area is 146 Å². The molecule has 0 unspecified atom stereocenters. The Kier molecular flexibility index (Phi) is 5.37. The normalized spacial score (nSPS) is 21.1. The highest BCUT2D eigenvalue weighted by Gasteiger charge is 2.38. The summed E-state index contributed by atoms with van der Waals surface area (Å²) >= 11 is 0. The summed E-state index contributed by atoms with van der Waals surface area (Å²) in [5, 5.41) is 0. The second-order valence-corrected chi connectivity index (χ2v) is 6.22. The number of hydrogen-bond acceptors (Lipinski definition) is 5. The van der Waals surface area contributed by atoms with Crippen LogP contribution in [0, 0.1) is 0 Å². The van der Waals surface area contributed by atoms with Crippen molar-refractivity contribution >= 4 is 17.8 Å². The molecule has 4 amide bonds. The Morgan fingerprint density at radius 1 is 1.32 bits per heavy atom. The summed E-state index contributed by atoms with van der Waals surface area (Å²) in [5.41, 5.74) is 0. The maximum absolute atomic E-state index is 12.9. The van der Waals surface area contributed by atoms with Gasteiger partial charge in [-0.1, -0.05) is 0 Å². The molecule has 0 aromatic carbocycles. The van der Waals surface area contributed by atoms with Gasteiger partial charge < -0.3 is 19.0 Å². The van der Waals surface area contributed by atoms with Crippen LogP contribution in [0.3, 0.4) is 0 Å². The van der Waals surface area contributed by atoms with Gasteiger partial charge in [0, 0.05) is 32.8 Å². The molecule has 2 fully saturated rings. The third-order valence-electron chi connectivity index (χ3n) is 4.57. The predicted octanol–water partition coefficient (Wildman–Crippen LogP) is 1.07. The van der Waals surface area contributed by atoms with E-state index in [0.29, 0.717) is 32.0 Å². The summed E-state index contributed by atoms with van der Waals surface area (Å²) < 4.78 is 11.0. The number of piperazine rings is 1. The van der Waals surface area contributed by atoms with E-state index in [1.165, 1.54) is 9.80 Å². The quantitative estimate of drug-likeness (QED) is 0.743. The van der Waals surface area contributed by atoms with Crippen molar-refractivity contribution in [2.45, 2.75) is 32.4 Å². The minimum atomic E-state index is -0.769. The van der Waals surface area contributed by atoms with Crippen LogP contribution < -0.4 is 0 Å². The lowest BCUT2D eigenvalue weighted by molar-refractivity contribution is -0.154. The van der Waals surface area contributed by atoms with E-state index in [0.717, 1.165) is 17.7 Å². The molecule has 3 rings (SSSR count). The van der Waals surface area contributed by atoms with E-state index < -0.39 is 17.8 Å². The van der Waals surface area contributed by atoms with E-state index in [2.05, 4.69) is 0 Å². The van der Waals surface area contributed by atoms with Gasteiger partial charge in [-0.25, -0.2) is 4.79 Å². The predicted molar refractivity (Wildman–Crippen MR) is 87.5 cm³/mol. The van der Waals surface area contributed by atoms with Gasteiger partial charge in [-0.15, -0.1) is 0 Å². The summed E-state index contributed by atoms with van der Waals surface area (Å²) in [6.07, 6.45) is 3.32. The van der Waals surface area contributed by atoms with Crippen molar-refractivity contribution in [2.24, 2.45) is 0 Å². The Hall–Kier alpha value is -2.35. The molecule has 8 heteroatoms. The average Bonchev–Trinajstić information content (AvgIpc) is 3.30. The highest BCUT2D eigenvalue weighted by atomic mass is 16.5. The van der Waals surface area contributed by atoms with Gasteiger partial charge in [0.25, 0.3) is 0 Å². The van der Waals surface area contributed by atoms with Crippen molar-refractivity contribution in [3.8, 4) is 0 Å². The molecule has 0 saturated carbocycles. The van der Waals surface area contributed by atoms with Crippen molar-refractivity contribution < 1.29 is 23.5 Å². The summed E-state index contributed by atoms with van der Waals surface area (Å²) in [4.78, 5) is 41.3. The van der Waals surface area contributed by atoms with Gasteiger partial charge in [0.2, 0.25) is 0 Å². The van der Waals surface area contributed by atoms with Crippen LogP contribution in [0.4, 0.5) is 4.79 Å². The number of imide groups is 1. The van der Waals surface area contributed by atoms with E-state index in [-0.39, 0.29) is 19.2 Å². The largest absolute Gasteiger partial charge is 0.467 e. The first kappa shape index (κ1) is 17.5. The molecule has 1 aromatic heterocycles. The summed E-state index contributed by atoms with van der Waals surface area (Å²) in [6.45, 7) is 4.12. The Bertz CT molecular complexity index is 624. The number of rotatable bonds is 5. The zero-order valence-corrected chi connectivity index (χ0v) is 14.3. The highest BCUT2D eigenvalue weighted by molar-refractivity contribution is 6.38. The monoisotopic (exact) mass is 349 g/mol. The van der Waals surface area contributed by atoms with E-state index >= 15 is 0 Å². The molecule has 136 valence electrons. The molecule has 3 heterocycles. The molecule has 0 N–H and O–H groups in total. The summed E-state index contributed by atoms with van der Waals surface area (Å²) in [6, 6.07) is 3.05. The van der Waals surface area contributed by atoms with Crippen LogP contribution >= 0.6 is 0 Å². The number of ether oxygens (including phenoxy) is 1.